The molecule has 1 aromatic rings. The first-order chi connectivity index (χ1) is 10.8. The first-order valence-corrected chi connectivity index (χ1v) is 8.19. The third-order valence-corrected chi connectivity index (χ3v) is 3.98. The molecule has 4 nitrogen and oxygen atoms in total. The van der Waals surface area contributed by atoms with Gasteiger partial charge in [-0.1, -0.05) is 12.1 Å². The average molecular weight is 323 g/mol. The molecule has 2 rings (SSSR count). The monoisotopic (exact) mass is 323 g/mol. The van der Waals surface area contributed by atoms with E-state index in [1.165, 1.54) is 12.1 Å². The lowest BCUT2D eigenvalue weighted by Gasteiger charge is -2.37. The van der Waals surface area contributed by atoms with E-state index in [0.29, 0.717) is 18.5 Å². The van der Waals surface area contributed by atoms with Gasteiger partial charge in [-0.05, 0) is 64.2 Å². The molecule has 0 bridgehead atoms. The van der Waals surface area contributed by atoms with Crippen LogP contribution in [0.4, 0.5) is 9.18 Å². The van der Waals surface area contributed by atoms with Crippen LogP contribution in [0.5, 0.6) is 0 Å². The molecular weight excluding hydrogens is 297 g/mol. The van der Waals surface area contributed by atoms with Crippen LogP contribution < -0.4 is 0 Å². The van der Waals surface area contributed by atoms with Crippen LogP contribution in [0, 0.1) is 5.82 Å². The summed E-state index contributed by atoms with van der Waals surface area (Å²) in [6.07, 6.45) is 2.03. The van der Waals surface area contributed by atoms with Crippen LogP contribution in [0.15, 0.2) is 24.3 Å². The second-order valence-electron chi connectivity index (χ2n) is 7.13. The van der Waals surface area contributed by atoms with Crippen molar-refractivity contribution in [3.05, 3.63) is 35.6 Å². The van der Waals surface area contributed by atoms with Gasteiger partial charge < -0.3 is 14.7 Å². The molecule has 0 spiro atoms. The van der Waals surface area contributed by atoms with E-state index in [-0.39, 0.29) is 18.0 Å². The molecule has 0 radical (unpaired) electrons. The number of rotatable bonds is 3. The molecule has 1 aromatic carbocycles. The SMILES string of the molecule is CC(C)(C)OC(=O)N1CCCCC1CC(O)c1cccc(F)c1. The second kappa shape index (κ2) is 7.30. The van der Waals surface area contributed by atoms with Crippen molar-refractivity contribution in [1.82, 2.24) is 4.90 Å². The maximum atomic E-state index is 13.3. The van der Waals surface area contributed by atoms with Crippen molar-refractivity contribution >= 4 is 6.09 Å². The summed E-state index contributed by atoms with van der Waals surface area (Å²) in [4.78, 5) is 14.1. The van der Waals surface area contributed by atoms with Crippen LogP contribution in [-0.4, -0.2) is 34.3 Å². The summed E-state index contributed by atoms with van der Waals surface area (Å²) in [7, 11) is 0. The fourth-order valence-corrected chi connectivity index (χ4v) is 2.91. The van der Waals surface area contributed by atoms with Crippen molar-refractivity contribution in [2.24, 2.45) is 0 Å². The quantitative estimate of drug-likeness (QED) is 0.913. The number of hydrogen-bond donors (Lipinski definition) is 1. The van der Waals surface area contributed by atoms with Crippen molar-refractivity contribution in [3.8, 4) is 0 Å². The molecule has 1 N–H and O–H groups in total. The molecule has 1 heterocycles. The normalized spacial score (nSPS) is 20.2. The Morgan fingerprint density at radius 3 is 2.83 bits per heavy atom. The molecule has 0 saturated carbocycles. The summed E-state index contributed by atoms with van der Waals surface area (Å²) in [5.41, 5.74) is -0.0000133. The predicted octanol–water partition coefficient (Wildman–Crippen LogP) is 4.04. The van der Waals surface area contributed by atoms with E-state index >= 15 is 0 Å². The number of amides is 1. The van der Waals surface area contributed by atoms with E-state index in [1.807, 2.05) is 20.8 Å². The number of aliphatic hydroxyl groups excluding tert-OH is 1. The zero-order valence-electron chi connectivity index (χ0n) is 14.1. The standard InChI is InChI=1S/C18H26FNO3/c1-18(2,3)23-17(22)20-10-5-4-9-15(20)12-16(21)13-7-6-8-14(19)11-13/h6-8,11,15-16,21H,4-5,9-10,12H2,1-3H3. The Labute approximate surface area is 137 Å². The predicted molar refractivity (Wildman–Crippen MR) is 86.6 cm³/mol. The minimum Gasteiger partial charge on any atom is -0.444 e. The molecule has 23 heavy (non-hydrogen) atoms. The molecule has 128 valence electrons. The topological polar surface area (TPSA) is 49.8 Å². The van der Waals surface area contributed by atoms with Gasteiger partial charge in [-0.2, -0.15) is 0 Å². The highest BCUT2D eigenvalue weighted by Crippen LogP contribution is 2.28. The number of ether oxygens (including phenoxy) is 1. The molecule has 0 aromatic heterocycles. The molecule has 5 heteroatoms. The Morgan fingerprint density at radius 2 is 2.17 bits per heavy atom. The van der Waals surface area contributed by atoms with Crippen molar-refractivity contribution in [1.29, 1.82) is 0 Å². The highest BCUT2D eigenvalue weighted by molar-refractivity contribution is 5.68. The zero-order chi connectivity index (χ0) is 17.0. The zero-order valence-corrected chi connectivity index (χ0v) is 14.1. The number of piperidine rings is 1. The van der Waals surface area contributed by atoms with Crippen LogP contribution in [-0.2, 0) is 4.74 Å². The highest BCUT2D eigenvalue weighted by Gasteiger charge is 2.31. The number of nitrogens with zero attached hydrogens (tertiary/aromatic N) is 1. The Kier molecular flexibility index (Phi) is 5.63. The molecule has 1 aliphatic rings. The van der Waals surface area contributed by atoms with Gasteiger partial charge in [-0.3, -0.25) is 0 Å². The summed E-state index contributed by atoms with van der Waals surface area (Å²) >= 11 is 0. The lowest BCUT2D eigenvalue weighted by molar-refractivity contribution is 0.00235. The summed E-state index contributed by atoms with van der Waals surface area (Å²) in [6, 6.07) is 5.89. The number of carbonyl (C=O) groups excluding carboxylic acids is 1. The fraction of sp³-hybridized carbons (Fsp3) is 0.611. The number of benzene rings is 1. The van der Waals surface area contributed by atoms with Crippen LogP contribution in [0.25, 0.3) is 0 Å². The van der Waals surface area contributed by atoms with Gasteiger partial charge in [0.2, 0.25) is 0 Å². The third-order valence-electron chi connectivity index (χ3n) is 3.98. The number of likely N-dealkylation sites (tertiary alicyclic amines) is 1. The van der Waals surface area contributed by atoms with Crippen LogP contribution in [0.2, 0.25) is 0 Å². The average Bonchev–Trinajstić information content (AvgIpc) is 2.46. The second-order valence-corrected chi connectivity index (χ2v) is 7.13. The number of hydrogen-bond acceptors (Lipinski definition) is 3. The number of aliphatic hydroxyl groups is 1. The smallest absolute Gasteiger partial charge is 0.410 e. The lowest BCUT2D eigenvalue weighted by atomic mass is 9.94. The molecule has 1 saturated heterocycles. The summed E-state index contributed by atoms with van der Waals surface area (Å²) < 4.78 is 18.8. The number of carbonyl (C=O) groups is 1. The van der Waals surface area contributed by atoms with Crippen molar-refractivity contribution in [2.45, 2.75) is 64.2 Å². The molecule has 1 fully saturated rings. The minimum absolute atomic E-state index is 0.0862. The molecule has 0 aliphatic carbocycles. The van der Waals surface area contributed by atoms with E-state index in [1.54, 1.807) is 17.0 Å². The van der Waals surface area contributed by atoms with Gasteiger partial charge in [0.05, 0.1) is 6.10 Å². The first-order valence-electron chi connectivity index (χ1n) is 8.19. The van der Waals surface area contributed by atoms with Gasteiger partial charge >= 0.3 is 6.09 Å². The largest absolute Gasteiger partial charge is 0.444 e. The molecule has 2 unspecified atom stereocenters. The van der Waals surface area contributed by atoms with Crippen LogP contribution >= 0.6 is 0 Å². The van der Waals surface area contributed by atoms with Gasteiger partial charge in [0, 0.05) is 12.6 Å². The Bertz CT molecular complexity index is 541. The van der Waals surface area contributed by atoms with Crippen molar-refractivity contribution in [2.75, 3.05) is 6.54 Å². The van der Waals surface area contributed by atoms with E-state index in [0.717, 1.165) is 19.3 Å². The third kappa shape index (κ3) is 5.20. The number of halogens is 1. The molecule has 1 aliphatic heterocycles. The van der Waals surface area contributed by atoms with Gasteiger partial charge in [-0.15, -0.1) is 0 Å². The van der Waals surface area contributed by atoms with Gasteiger partial charge in [0.1, 0.15) is 11.4 Å². The Hall–Kier alpha value is -1.62. The Balaban J connectivity index is 2.05. The van der Waals surface area contributed by atoms with Crippen LogP contribution in [0.3, 0.4) is 0 Å². The van der Waals surface area contributed by atoms with Crippen molar-refractivity contribution in [3.63, 3.8) is 0 Å². The van der Waals surface area contributed by atoms with Crippen LogP contribution in [0.1, 0.15) is 58.1 Å². The highest BCUT2D eigenvalue weighted by atomic mass is 19.1. The maximum absolute atomic E-state index is 13.3. The minimum atomic E-state index is -0.793. The van der Waals surface area contributed by atoms with E-state index < -0.39 is 11.7 Å². The van der Waals surface area contributed by atoms with Gasteiger partial charge in [0.25, 0.3) is 0 Å². The molecule has 1 amide bonds. The Morgan fingerprint density at radius 1 is 1.43 bits per heavy atom. The summed E-state index contributed by atoms with van der Waals surface area (Å²) in [5.74, 6) is -0.366. The van der Waals surface area contributed by atoms with Crippen molar-refractivity contribution < 1.29 is 19.0 Å². The summed E-state index contributed by atoms with van der Waals surface area (Å²) in [5, 5.41) is 10.4. The maximum Gasteiger partial charge on any atom is 0.410 e. The van der Waals surface area contributed by atoms with E-state index in [4.69, 9.17) is 4.74 Å². The van der Waals surface area contributed by atoms with E-state index in [2.05, 4.69) is 0 Å². The lowest BCUT2D eigenvalue weighted by Crippen LogP contribution is -2.46. The molecular formula is C18H26FNO3. The van der Waals surface area contributed by atoms with Gasteiger partial charge in [0.15, 0.2) is 0 Å². The molecule has 2 atom stereocenters. The van der Waals surface area contributed by atoms with Gasteiger partial charge in [-0.25, -0.2) is 9.18 Å². The first kappa shape index (κ1) is 17.7. The summed E-state index contributed by atoms with van der Waals surface area (Å²) in [6.45, 7) is 6.15. The fourth-order valence-electron chi connectivity index (χ4n) is 2.91. The van der Waals surface area contributed by atoms with E-state index in [9.17, 15) is 14.3 Å².